The number of rotatable bonds is 7. The van der Waals surface area contributed by atoms with Crippen LogP contribution in [0.15, 0.2) is 76.1 Å². The number of hydroxylamine groups is 2. The fourth-order valence-corrected chi connectivity index (χ4v) is 9.11. The monoisotopic (exact) mass is 587 g/mol. The van der Waals surface area contributed by atoms with Gasteiger partial charge in [-0.15, -0.1) is 0 Å². The lowest BCUT2D eigenvalue weighted by molar-refractivity contribution is -0.213. The number of fused-ring (bicyclic) bond motifs is 5. The molecule has 1 amide bonds. The van der Waals surface area contributed by atoms with Gasteiger partial charge in [0.25, 0.3) is 5.91 Å². The van der Waals surface area contributed by atoms with E-state index in [2.05, 4.69) is 18.3 Å². The maximum absolute atomic E-state index is 14.1. The molecule has 0 spiro atoms. The van der Waals surface area contributed by atoms with Crippen molar-refractivity contribution in [2.24, 2.45) is 28.6 Å². The minimum atomic E-state index is -1.52. The number of amides is 1. The lowest BCUT2D eigenvalue weighted by Crippen LogP contribution is -2.64. The summed E-state index contributed by atoms with van der Waals surface area (Å²) in [7, 11) is 2.94. The topological polar surface area (TPSA) is 125 Å². The molecule has 9 nitrogen and oxygen atoms in total. The van der Waals surface area contributed by atoms with Crippen molar-refractivity contribution in [1.29, 1.82) is 5.41 Å². The van der Waals surface area contributed by atoms with Gasteiger partial charge in [0.15, 0.2) is 5.60 Å². The van der Waals surface area contributed by atoms with E-state index in [1.807, 2.05) is 37.3 Å². The van der Waals surface area contributed by atoms with Crippen LogP contribution in [0.4, 0.5) is 5.69 Å². The molecule has 228 valence electrons. The Morgan fingerprint density at radius 3 is 2.60 bits per heavy atom. The number of nitrogens with zero attached hydrogens (tertiary/aromatic N) is 1. The van der Waals surface area contributed by atoms with Crippen LogP contribution in [0.1, 0.15) is 62.9 Å². The van der Waals surface area contributed by atoms with E-state index in [1.54, 1.807) is 6.07 Å². The number of aliphatic hydroxyl groups is 1. The standard InChI is InChI=1S/C34H41N3O6/c1-32-18-21(20-35)26(36-23-9-6-5-7-10-23)17-22(32)12-13-24-25-14-15-34(31(40)37(3)41-4,33(25,2)19-27(38)29(24)32)43-30(39)28-11-8-16-42-28/h5-11,16-17,20,24-25,27,29,35-36,38H,12-15,18-19H2,1-4H3/t24?,25?,27?,29?,32?,33?,34-/m0/s1. The van der Waals surface area contributed by atoms with Gasteiger partial charge in [0, 0.05) is 30.1 Å². The molecule has 3 saturated carbocycles. The van der Waals surface area contributed by atoms with Gasteiger partial charge in [-0.25, -0.2) is 9.86 Å². The van der Waals surface area contributed by atoms with Crippen molar-refractivity contribution in [3.05, 3.63) is 77.4 Å². The number of aliphatic hydroxyl groups excluding tert-OH is 1. The van der Waals surface area contributed by atoms with Crippen molar-refractivity contribution in [3.8, 4) is 0 Å². The Balaban J connectivity index is 1.35. The highest BCUT2D eigenvalue weighted by atomic mass is 16.7. The first-order chi connectivity index (χ1) is 20.6. The normalized spacial score (nSPS) is 34.8. The van der Waals surface area contributed by atoms with E-state index in [9.17, 15) is 14.7 Å². The molecule has 4 aliphatic rings. The Kier molecular flexibility index (Phi) is 7.37. The maximum Gasteiger partial charge on any atom is 0.375 e. The first-order valence-electron chi connectivity index (χ1n) is 15.1. The van der Waals surface area contributed by atoms with E-state index in [0.717, 1.165) is 34.9 Å². The molecule has 0 bridgehead atoms. The average Bonchev–Trinajstić information content (AvgIpc) is 3.64. The second kappa shape index (κ2) is 10.8. The summed E-state index contributed by atoms with van der Waals surface area (Å²) in [5.41, 5.74) is 1.39. The Morgan fingerprint density at radius 2 is 1.93 bits per heavy atom. The van der Waals surface area contributed by atoms with Crippen LogP contribution in [0.2, 0.25) is 0 Å². The van der Waals surface area contributed by atoms with E-state index >= 15 is 0 Å². The molecule has 0 aliphatic heterocycles. The van der Waals surface area contributed by atoms with Crippen LogP contribution in [0, 0.1) is 34.0 Å². The van der Waals surface area contributed by atoms with Gasteiger partial charge in [0.05, 0.1) is 19.5 Å². The summed E-state index contributed by atoms with van der Waals surface area (Å²) < 4.78 is 11.5. The summed E-state index contributed by atoms with van der Waals surface area (Å²) in [5, 5.41) is 25.0. The molecule has 6 rings (SSSR count). The Labute approximate surface area is 252 Å². The van der Waals surface area contributed by atoms with E-state index in [-0.39, 0.29) is 28.9 Å². The molecule has 6 unspecified atom stereocenters. The number of furan rings is 1. The molecular weight excluding hydrogens is 546 g/mol. The Hall–Kier alpha value is -3.69. The zero-order valence-electron chi connectivity index (χ0n) is 25.3. The maximum atomic E-state index is 14.1. The van der Waals surface area contributed by atoms with Crippen LogP contribution in [-0.2, 0) is 14.4 Å². The molecule has 9 heteroatoms. The molecule has 2 aromatic rings. The summed E-state index contributed by atoms with van der Waals surface area (Å²) in [4.78, 5) is 32.7. The second-order valence-corrected chi connectivity index (χ2v) is 13.1. The zero-order chi connectivity index (χ0) is 30.6. The van der Waals surface area contributed by atoms with E-state index in [1.165, 1.54) is 38.3 Å². The number of likely N-dealkylation sites (N-methyl/N-ethyl adjacent to an activating group) is 1. The van der Waals surface area contributed by atoms with Gasteiger partial charge in [-0.3, -0.25) is 9.63 Å². The lowest BCUT2D eigenvalue weighted by Gasteiger charge is -2.60. The smallest absolute Gasteiger partial charge is 0.375 e. The van der Waals surface area contributed by atoms with Crippen molar-refractivity contribution in [2.75, 3.05) is 19.5 Å². The van der Waals surface area contributed by atoms with E-state index < -0.39 is 29.0 Å². The van der Waals surface area contributed by atoms with Crippen molar-refractivity contribution in [2.45, 2.75) is 64.1 Å². The molecule has 3 N–H and O–H groups in total. The van der Waals surface area contributed by atoms with Gasteiger partial charge in [0.1, 0.15) is 0 Å². The number of allylic oxidation sites excluding steroid dienone is 3. The van der Waals surface area contributed by atoms with Gasteiger partial charge in [-0.2, -0.15) is 0 Å². The summed E-state index contributed by atoms with van der Waals surface area (Å²) >= 11 is 0. The summed E-state index contributed by atoms with van der Waals surface area (Å²) in [6.07, 6.45) is 7.95. The van der Waals surface area contributed by atoms with Crippen LogP contribution in [0.3, 0.4) is 0 Å². The van der Waals surface area contributed by atoms with Gasteiger partial charge in [-0.05, 0) is 97.6 Å². The molecular formula is C34H41N3O6. The molecule has 0 saturated heterocycles. The Bertz CT molecular complexity index is 1470. The average molecular weight is 588 g/mol. The molecule has 7 atom stereocenters. The van der Waals surface area contributed by atoms with Crippen LogP contribution in [-0.4, -0.2) is 54.1 Å². The number of nitrogens with one attached hydrogen (secondary N) is 2. The predicted molar refractivity (Wildman–Crippen MR) is 161 cm³/mol. The highest BCUT2D eigenvalue weighted by Gasteiger charge is 2.71. The SMILES string of the molecule is CON(C)C(=O)[C@@]1(OC(=O)c2ccco2)CCC2C3CCC4=CC(Nc5ccccc5)=C(C=N)CC4(C)C3C(O)CC21C. The second-order valence-electron chi connectivity index (χ2n) is 13.1. The van der Waals surface area contributed by atoms with E-state index in [0.29, 0.717) is 25.7 Å². The first-order valence-corrected chi connectivity index (χ1v) is 15.1. The lowest BCUT2D eigenvalue weighted by atomic mass is 9.45. The Morgan fingerprint density at radius 1 is 1.16 bits per heavy atom. The molecule has 0 radical (unpaired) electrons. The van der Waals surface area contributed by atoms with Gasteiger partial charge in [-0.1, -0.05) is 37.6 Å². The number of anilines is 1. The van der Waals surface area contributed by atoms with E-state index in [4.69, 9.17) is 19.4 Å². The fourth-order valence-electron chi connectivity index (χ4n) is 9.11. The zero-order valence-corrected chi connectivity index (χ0v) is 25.3. The summed E-state index contributed by atoms with van der Waals surface area (Å²) in [6, 6.07) is 13.1. The number of esters is 1. The minimum Gasteiger partial charge on any atom is -0.457 e. The van der Waals surface area contributed by atoms with Crippen molar-refractivity contribution in [3.63, 3.8) is 0 Å². The number of benzene rings is 1. The quantitative estimate of drug-likeness (QED) is 0.214. The third-order valence-corrected chi connectivity index (χ3v) is 11.1. The van der Waals surface area contributed by atoms with Crippen LogP contribution in [0.25, 0.3) is 0 Å². The largest absolute Gasteiger partial charge is 0.457 e. The number of carbonyl (C=O) groups excluding carboxylic acids is 2. The van der Waals surface area contributed by atoms with Crippen LogP contribution < -0.4 is 5.32 Å². The summed E-state index contributed by atoms with van der Waals surface area (Å²) in [5.74, 6) is -1.03. The molecule has 4 aliphatic carbocycles. The summed E-state index contributed by atoms with van der Waals surface area (Å²) in [6.45, 7) is 4.23. The minimum absolute atomic E-state index is 0.0292. The highest BCUT2D eigenvalue weighted by Crippen LogP contribution is 2.68. The number of carbonyl (C=O) groups is 2. The molecule has 1 aromatic carbocycles. The molecule has 1 heterocycles. The van der Waals surface area contributed by atoms with Crippen molar-refractivity contribution in [1.82, 2.24) is 5.06 Å². The first kappa shape index (κ1) is 29.4. The third kappa shape index (κ3) is 4.47. The number of hydrogen-bond donors (Lipinski definition) is 3. The molecule has 43 heavy (non-hydrogen) atoms. The number of para-hydroxylation sites is 1. The van der Waals surface area contributed by atoms with Gasteiger partial charge in [0.2, 0.25) is 5.76 Å². The van der Waals surface area contributed by atoms with Gasteiger partial charge >= 0.3 is 5.97 Å². The fraction of sp³-hybridized carbons (Fsp3) is 0.500. The highest BCUT2D eigenvalue weighted by molar-refractivity contribution is 5.93. The van der Waals surface area contributed by atoms with Crippen LogP contribution >= 0.6 is 0 Å². The van der Waals surface area contributed by atoms with Crippen molar-refractivity contribution < 1.29 is 28.7 Å². The molecule has 3 fully saturated rings. The number of hydrogen-bond acceptors (Lipinski definition) is 8. The van der Waals surface area contributed by atoms with Gasteiger partial charge < -0.3 is 25.0 Å². The van der Waals surface area contributed by atoms with Crippen LogP contribution in [0.5, 0.6) is 0 Å². The van der Waals surface area contributed by atoms with Crippen molar-refractivity contribution >= 4 is 23.8 Å². The molecule has 1 aromatic heterocycles. The predicted octanol–water partition coefficient (Wildman–Crippen LogP) is 5.75. The third-order valence-electron chi connectivity index (χ3n) is 11.1. The number of ether oxygens (including phenoxy) is 1.